The van der Waals surface area contributed by atoms with Crippen LogP contribution >= 0.6 is 0 Å². The van der Waals surface area contributed by atoms with Gasteiger partial charge in [-0.2, -0.15) is 0 Å². The van der Waals surface area contributed by atoms with E-state index < -0.39 is 24.3 Å². The summed E-state index contributed by atoms with van der Waals surface area (Å²) in [5.74, 6) is 0. The number of hydrogen-bond donors (Lipinski definition) is 1. The minimum Gasteiger partial charge on any atom is -0.393 e. The van der Waals surface area contributed by atoms with Crippen LogP contribution in [0, 0.1) is 0 Å². The second-order valence-corrected chi connectivity index (χ2v) is 4.79. The van der Waals surface area contributed by atoms with Crippen molar-refractivity contribution in [2.45, 2.75) is 38.8 Å². The Morgan fingerprint density at radius 3 is 2.90 bits per heavy atom. The van der Waals surface area contributed by atoms with Gasteiger partial charge in [0.05, 0.1) is 13.8 Å². The molecule has 0 fully saturated rings. The van der Waals surface area contributed by atoms with E-state index in [4.69, 9.17) is 5.48 Å². The summed E-state index contributed by atoms with van der Waals surface area (Å²) in [5, 5.41) is 9.37. The van der Waals surface area contributed by atoms with Gasteiger partial charge in [0.1, 0.15) is 0 Å². The molecule has 110 valence electrons. The van der Waals surface area contributed by atoms with E-state index in [2.05, 4.69) is 4.98 Å². The summed E-state index contributed by atoms with van der Waals surface area (Å²) in [5.41, 5.74) is -1.67. The Hall–Kier alpha value is -1.89. The second kappa shape index (κ2) is 5.62. The molecule has 0 saturated heterocycles. The van der Waals surface area contributed by atoms with E-state index in [0.29, 0.717) is 17.4 Å². The molecule has 1 atom stereocenters. The van der Waals surface area contributed by atoms with Gasteiger partial charge in [0.2, 0.25) is 0 Å². The van der Waals surface area contributed by atoms with Crippen LogP contribution in [-0.4, -0.2) is 29.9 Å². The lowest BCUT2D eigenvalue weighted by Crippen LogP contribution is -2.39. The maximum Gasteiger partial charge on any atom is 0.332 e. The van der Waals surface area contributed by atoms with E-state index in [0.717, 1.165) is 4.57 Å². The molecule has 0 amide bonds. The minimum atomic E-state index is -2.76. The predicted octanol–water partition coefficient (Wildman–Crippen LogP) is -0.0152. The van der Waals surface area contributed by atoms with Gasteiger partial charge in [-0.05, 0) is 26.2 Å². The number of imidazole rings is 1. The van der Waals surface area contributed by atoms with Crippen molar-refractivity contribution in [3.63, 3.8) is 0 Å². The van der Waals surface area contributed by atoms with Crippen LogP contribution < -0.4 is 11.2 Å². The molecule has 1 N–H and O–H groups in total. The highest BCUT2D eigenvalue weighted by Crippen LogP contribution is 2.04. The van der Waals surface area contributed by atoms with Crippen LogP contribution in [-0.2, 0) is 20.6 Å². The first-order valence-electron chi connectivity index (χ1n) is 8.33. The molecule has 0 bridgehead atoms. The van der Waals surface area contributed by atoms with E-state index in [9.17, 15) is 14.7 Å². The van der Waals surface area contributed by atoms with Crippen molar-refractivity contribution in [3.05, 3.63) is 27.2 Å². The van der Waals surface area contributed by atoms with Crippen molar-refractivity contribution >= 4 is 11.2 Å². The maximum absolute atomic E-state index is 12.5. The summed E-state index contributed by atoms with van der Waals surface area (Å²) in [4.78, 5) is 28.9. The first-order chi connectivity index (χ1) is 10.9. The van der Waals surface area contributed by atoms with E-state index in [1.165, 1.54) is 17.8 Å². The molecule has 0 spiro atoms. The Labute approximate surface area is 121 Å². The van der Waals surface area contributed by atoms with Gasteiger partial charge in [0, 0.05) is 24.7 Å². The van der Waals surface area contributed by atoms with Crippen molar-refractivity contribution in [2.24, 2.45) is 14.0 Å². The highest BCUT2D eigenvalue weighted by molar-refractivity contribution is 5.69. The fourth-order valence-electron chi connectivity index (χ4n) is 2.10. The van der Waals surface area contributed by atoms with Crippen LogP contribution in [0.2, 0.25) is 0 Å². The van der Waals surface area contributed by atoms with E-state index in [-0.39, 0.29) is 24.1 Å². The van der Waals surface area contributed by atoms with E-state index in [1.54, 1.807) is 7.05 Å². The first-order valence-corrected chi connectivity index (χ1v) is 6.33. The van der Waals surface area contributed by atoms with Crippen molar-refractivity contribution in [1.29, 1.82) is 0 Å². The lowest BCUT2D eigenvalue weighted by molar-refractivity contribution is 0.180. The highest BCUT2D eigenvalue weighted by atomic mass is 16.3. The Morgan fingerprint density at radius 1 is 1.50 bits per heavy atom. The molecular weight excluding hydrogens is 260 g/mol. The summed E-state index contributed by atoms with van der Waals surface area (Å²) in [6.45, 7) is -1.41. The Balaban J connectivity index is 2.49. The van der Waals surface area contributed by atoms with Gasteiger partial charge in [-0.3, -0.25) is 13.9 Å². The van der Waals surface area contributed by atoms with Crippen LogP contribution in [0.15, 0.2) is 15.9 Å². The molecule has 20 heavy (non-hydrogen) atoms. The van der Waals surface area contributed by atoms with Gasteiger partial charge in [-0.15, -0.1) is 0 Å². The number of unbranched alkanes of at least 4 members (excludes halogenated alkanes) is 1. The lowest BCUT2D eigenvalue weighted by Gasteiger charge is -2.09. The molecule has 0 aliphatic carbocycles. The standard InChI is InChI=1S/C13H20N4O3/c1-9(18)6-4-5-7-17-12(19)10-11(14-8-15(10)2)16(3)13(17)20/h8-9,18H,4-7H2,1-3H3/t9-/m0/s1/i3D3,9D. The number of aryl methyl sites for hydroxylation is 2. The number of rotatable bonds is 5. The monoisotopic (exact) mass is 284 g/mol. The molecule has 0 aromatic carbocycles. The Bertz CT molecular complexity index is 857. The zero-order valence-corrected chi connectivity index (χ0v) is 11.5. The predicted molar refractivity (Wildman–Crippen MR) is 75.7 cm³/mol. The number of fused-ring (bicyclic) bond motifs is 1. The fourth-order valence-corrected chi connectivity index (χ4v) is 2.10. The van der Waals surface area contributed by atoms with Crippen molar-refractivity contribution in [2.75, 3.05) is 0 Å². The average molecular weight is 284 g/mol. The largest absolute Gasteiger partial charge is 0.393 e. The second-order valence-electron chi connectivity index (χ2n) is 4.79. The van der Waals surface area contributed by atoms with E-state index in [1.807, 2.05) is 0 Å². The van der Waals surface area contributed by atoms with Crippen LogP contribution in [0.4, 0.5) is 0 Å². The molecule has 0 saturated carbocycles. The molecule has 0 radical (unpaired) electrons. The number of hydrogen-bond acceptors (Lipinski definition) is 4. The third-order valence-electron chi connectivity index (χ3n) is 3.17. The normalized spacial score (nSPS) is 18.1. The van der Waals surface area contributed by atoms with E-state index >= 15 is 0 Å². The van der Waals surface area contributed by atoms with Crippen molar-refractivity contribution < 1.29 is 10.6 Å². The SMILES string of the molecule is [2H]C([2H])([2H])n1c(=O)n(CCCC[C@]([2H])(C)O)c(=O)c2c1ncn2C. The van der Waals surface area contributed by atoms with Gasteiger partial charge in [-0.25, -0.2) is 9.78 Å². The third kappa shape index (κ3) is 2.53. The van der Waals surface area contributed by atoms with Crippen LogP contribution in [0.1, 0.15) is 31.7 Å². The van der Waals surface area contributed by atoms with Crippen molar-refractivity contribution in [1.82, 2.24) is 18.7 Å². The molecular formula is C13H20N4O3. The molecule has 0 aliphatic heterocycles. The molecule has 2 heterocycles. The van der Waals surface area contributed by atoms with Gasteiger partial charge in [-0.1, -0.05) is 0 Å². The van der Waals surface area contributed by atoms with Gasteiger partial charge < -0.3 is 9.67 Å². The van der Waals surface area contributed by atoms with Crippen LogP contribution in [0.3, 0.4) is 0 Å². The zero-order valence-electron chi connectivity index (χ0n) is 15.5. The summed E-state index contributed by atoms with van der Waals surface area (Å²) in [6, 6.07) is 0. The maximum atomic E-state index is 12.5. The number of nitrogens with zero attached hydrogens (tertiary/aromatic N) is 4. The quantitative estimate of drug-likeness (QED) is 0.783. The van der Waals surface area contributed by atoms with Crippen molar-refractivity contribution in [3.8, 4) is 0 Å². The Kier molecular flexibility index (Phi) is 2.79. The van der Waals surface area contributed by atoms with Gasteiger partial charge in [0.25, 0.3) is 5.56 Å². The third-order valence-corrected chi connectivity index (χ3v) is 3.17. The average Bonchev–Trinajstić information content (AvgIpc) is 2.76. The molecule has 2 aromatic rings. The summed E-state index contributed by atoms with van der Waals surface area (Å²) in [7, 11) is 1.55. The van der Waals surface area contributed by atoms with Gasteiger partial charge >= 0.3 is 5.69 Å². The summed E-state index contributed by atoms with van der Waals surface area (Å²) >= 11 is 0. The molecule has 0 aliphatic rings. The summed E-state index contributed by atoms with van der Waals surface area (Å²) < 4.78 is 32.8. The zero-order chi connectivity index (χ0) is 18.3. The van der Waals surface area contributed by atoms with Crippen LogP contribution in [0.25, 0.3) is 11.2 Å². The minimum absolute atomic E-state index is 0.00491. The molecule has 7 heteroatoms. The lowest BCUT2D eigenvalue weighted by atomic mass is 10.2. The van der Waals surface area contributed by atoms with Crippen LogP contribution in [0.5, 0.6) is 0 Å². The topological polar surface area (TPSA) is 82.0 Å². The smallest absolute Gasteiger partial charge is 0.332 e. The molecule has 0 unspecified atom stereocenters. The molecule has 2 aromatic heterocycles. The highest BCUT2D eigenvalue weighted by Gasteiger charge is 2.14. The fraction of sp³-hybridized carbons (Fsp3) is 0.615. The molecule has 2 rings (SSSR count). The Morgan fingerprint density at radius 2 is 2.25 bits per heavy atom. The van der Waals surface area contributed by atoms with Gasteiger partial charge in [0.15, 0.2) is 11.2 Å². The number of aliphatic hydroxyl groups is 1. The summed E-state index contributed by atoms with van der Waals surface area (Å²) in [6.07, 6.45) is 0.669. The first kappa shape index (κ1) is 9.93. The molecule has 7 nitrogen and oxygen atoms in total. The number of aromatic nitrogens is 4.